The van der Waals surface area contributed by atoms with Crippen LogP contribution in [0.2, 0.25) is 0 Å². The van der Waals surface area contributed by atoms with Crippen molar-refractivity contribution in [3.8, 4) is 11.5 Å². The molecular formula is C12H14N2O. The van der Waals surface area contributed by atoms with Crippen molar-refractivity contribution in [2.24, 2.45) is 0 Å². The lowest BCUT2D eigenvalue weighted by atomic mass is 10.2. The van der Waals surface area contributed by atoms with Crippen LogP contribution in [0.4, 0.5) is 5.82 Å². The zero-order valence-electron chi connectivity index (χ0n) is 8.95. The van der Waals surface area contributed by atoms with Gasteiger partial charge in [-0.05, 0) is 26.0 Å². The molecule has 0 unspecified atom stereocenters. The van der Waals surface area contributed by atoms with Gasteiger partial charge in [-0.25, -0.2) is 0 Å². The first-order chi connectivity index (χ1) is 7.31. The molecule has 2 rings (SSSR count). The first-order valence-electron chi connectivity index (χ1n) is 5.08. The van der Waals surface area contributed by atoms with E-state index in [-0.39, 0.29) is 0 Å². The molecule has 0 saturated heterocycles. The largest absolute Gasteiger partial charge is 0.439 e. The minimum absolute atomic E-state index is 0.670. The van der Waals surface area contributed by atoms with Gasteiger partial charge in [0.25, 0.3) is 0 Å². The molecule has 0 spiro atoms. The number of benzene rings is 1. The third-order valence-corrected chi connectivity index (χ3v) is 2.16. The second-order valence-corrected chi connectivity index (χ2v) is 3.32. The number of nitrogens with zero attached hydrogens (tertiary/aromatic N) is 1. The lowest BCUT2D eigenvalue weighted by Gasteiger charge is -1.95. The lowest BCUT2D eigenvalue weighted by Crippen LogP contribution is -1.97. The second-order valence-electron chi connectivity index (χ2n) is 3.32. The molecule has 0 bridgehead atoms. The molecule has 0 fully saturated rings. The number of nitrogens with one attached hydrogen (secondary N) is 1. The molecule has 1 aromatic carbocycles. The van der Waals surface area contributed by atoms with Crippen molar-refractivity contribution in [2.45, 2.75) is 13.8 Å². The summed E-state index contributed by atoms with van der Waals surface area (Å²) >= 11 is 0. The van der Waals surface area contributed by atoms with E-state index in [9.17, 15) is 0 Å². The number of aryl methyl sites for hydroxylation is 1. The van der Waals surface area contributed by atoms with Gasteiger partial charge in [0.05, 0.1) is 0 Å². The fraction of sp³-hybridized carbons (Fsp3) is 0.250. The van der Waals surface area contributed by atoms with Gasteiger partial charge >= 0.3 is 0 Å². The molecule has 1 aromatic heterocycles. The standard InChI is InChI=1S/C12H14N2O/c1-3-13-11-9(2)15-12(14-11)10-7-5-4-6-8-10/h4-8,13H,3H2,1-2H3. The van der Waals surface area contributed by atoms with E-state index in [4.69, 9.17) is 4.42 Å². The lowest BCUT2D eigenvalue weighted by molar-refractivity contribution is 0.543. The summed E-state index contributed by atoms with van der Waals surface area (Å²) in [5.41, 5.74) is 1.00. The van der Waals surface area contributed by atoms with Crippen molar-refractivity contribution in [2.75, 3.05) is 11.9 Å². The van der Waals surface area contributed by atoms with Crippen molar-refractivity contribution in [3.63, 3.8) is 0 Å². The molecule has 1 heterocycles. The minimum atomic E-state index is 0.670. The molecule has 3 nitrogen and oxygen atoms in total. The average Bonchev–Trinajstić information content (AvgIpc) is 2.63. The molecule has 2 aromatic rings. The van der Waals surface area contributed by atoms with Gasteiger partial charge in [0.1, 0.15) is 5.76 Å². The van der Waals surface area contributed by atoms with Crippen LogP contribution >= 0.6 is 0 Å². The van der Waals surface area contributed by atoms with Gasteiger partial charge in [0.2, 0.25) is 5.89 Å². The van der Waals surface area contributed by atoms with Gasteiger partial charge in [0.15, 0.2) is 5.82 Å². The van der Waals surface area contributed by atoms with Crippen molar-refractivity contribution >= 4 is 5.82 Å². The van der Waals surface area contributed by atoms with Crippen LogP contribution in [0.1, 0.15) is 12.7 Å². The van der Waals surface area contributed by atoms with Crippen molar-refractivity contribution in [1.29, 1.82) is 0 Å². The Kier molecular flexibility index (Phi) is 2.72. The molecule has 0 atom stereocenters. The first-order valence-corrected chi connectivity index (χ1v) is 5.08. The molecule has 15 heavy (non-hydrogen) atoms. The zero-order chi connectivity index (χ0) is 10.7. The number of aromatic nitrogens is 1. The molecular weight excluding hydrogens is 188 g/mol. The summed E-state index contributed by atoms with van der Waals surface area (Å²) in [6.07, 6.45) is 0. The highest BCUT2D eigenvalue weighted by Gasteiger charge is 2.09. The summed E-state index contributed by atoms with van der Waals surface area (Å²) in [6.45, 7) is 4.80. The van der Waals surface area contributed by atoms with Crippen LogP contribution in [0.3, 0.4) is 0 Å². The number of hydrogen-bond acceptors (Lipinski definition) is 3. The van der Waals surface area contributed by atoms with E-state index in [2.05, 4.69) is 10.3 Å². The molecule has 1 N–H and O–H groups in total. The maximum Gasteiger partial charge on any atom is 0.228 e. The Morgan fingerprint density at radius 2 is 2.00 bits per heavy atom. The third kappa shape index (κ3) is 2.01. The van der Waals surface area contributed by atoms with Crippen LogP contribution in [0.5, 0.6) is 0 Å². The van der Waals surface area contributed by atoms with Gasteiger partial charge in [0, 0.05) is 12.1 Å². The smallest absolute Gasteiger partial charge is 0.228 e. The predicted molar refractivity (Wildman–Crippen MR) is 60.8 cm³/mol. The molecule has 0 radical (unpaired) electrons. The topological polar surface area (TPSA) is 38.1 Å². The van der Waals surface area contributed by atoms with Crippen LogP contribution in [0.15, 0.2) is 34.7 Å². The number of anilines is 1. The summed E-state index contributed by atoms with van der Waals surface area (Å²) in [4.78, 5) is 4.39. The highest BCUT2D eigenvalue weighted by molar-refractivity contribution is 5.56. The maximum atomic E-state index is 5.58. The second kappa shape index (κ2) is 4.17. The monoisotopic (exact) mass is 202 g/mol. The summed E-state index contributed by atoms with van der Waals surface area (Å²) < 4.78 is 5.58. The molecule has 78 valence electrons. The van der Waals surface area contributed by atoms with E-state index >= 15 is 0 Å². The van der Waals surface area contributed by atoms with E-state index in [1.54, 1.807) is 0 Å². The Balaban J connectivity index is 2.34. The maximum absolute atomic E-state index is 5.58. The fourth-order valence-corrected chi connectivity index (χ4v) is 1.43. The van der Waals surface area contributed by atoms with E-state index in [1.165, 1.54) is 0 Å². The Bertz CT molecular complexity index is 434. The molecule has 0 aliphatic carbocycles. The zero-order valence-corrected chi connectivity index (χ0v) is 8.95. The highest BCUT2D eigenvalue weighted by Crippen LogP contribution is 2.23. The van der Waals surface area contributed by atoms with Gasteiger partial charge in [-0.2, -0.15) is 4.98 Å². The summed E-state index contributed by atoms with van der Waals surface area (Å²) in [7, 11) is 0. The average molecular weight is 202 g/mol. The molecule has 0 aliphatic rings. The van der Waals surface area contributed by atoms with Crippen LogP contribution in [-0.2, 0) is 0 Å². The summed E-state index contributed by atoms with van der Waals surface area (Å²) in [6, 6.07) is 9.90. The van der Waals surface area contributed by atoms with Gasteiger partial charge in [-0.3, -0.25) is 0 Å². The van der Waals surface area contributed by atoms with Crippen LogP contribution in [0, 0.1) is 6.92 Å². The summed E-state index contributed by atoms with van der Waals surface area (Å²) in [5, 5.41) is 3.16. The van der Waals surface area contributed by atoms with E-state index in [0.717, 1.165) is 23.7 Å². The van der Waals surface area contributed by atoms with Crippen LogP contribution in [-0.4, -0.2) is 11.5 Å². The third-order valence-electron chi connectivity index (χ3n) is 2.16. The van der Waals surface area contributed by atoms with E-state index in [0.29, 0.717) is 5.89 Å². The van der Waals surface area contributed by atoms with Gasteiger partial charge in [-0.1, -0.05) is 18.2 Å². The van der Waals surface area contributed by atoms with Crippen LogP contribution < -0.4 is 5.32 Å². The first kappa shape index (κ1) is 9.77. The Morgan fingerprint density at radius 1 is 1.27 bits per heavy atom. The van der Waals surface area contributed by atoms with Gasteiger partial charge in [-0.15, -0.1) is 0 Å². The quantitative estimate of drug-likeness (QED) is 0.831. The number of rotatable bonds is 3. The van der Waals surface area contributed by atoms with Crippen molar-refractivity contribution in [3.05, 3.63) is 36.1 Å². The molecule has 0 aliphatic heterocycles. The number of hydrogen-bond donors (Lipinski definition) is 1. The van der Waals surface area contributed by atoms with Gasteiger partial charge < -0.3 is 9.73 Å². The van der Waals surface area contributed by atoms with Crippen LogP contribution in [0.25, 0.3) is 11.5 Å². The van der Waals surface area contributed by atoms with E-state index < -0.39 is 0 Å². The predicted octanol–water partition coefficient (Wildman–Crippen LogP) is 3.08. The van der Waals surface area contributed by atoms with Crippen molar-refractivity contribution < 1.29 is 4.42 Å². The Morgan fingerprint density at radius 3 is 2.67 bits per heavy atom. The molecule has 0 saturated carbocycles. The molecule has 0 amide bonds. The number of oxazole rings is 1. The normalized spacial score (nSPS) is 10.3. The minimum Gasteiger partial charge on any atom is -0.439 e. The molecule has 3 heteroatoms. The SMILES string of the molecule is CCNc1nc(-c2ccccc2)oc1C. The Labute approximate surface area is 89.1 Å². The Hall–Kier alpha value is -1.77. The van der Waals surface area contributed by atoms with E-state index in [1.807, 2.05) is 44.2 Å². The van der Waals surface area contributed by atoms with Crippen molar-refractivity contribution in [1.82, 2.24) is 4.98 Å². The fourth-order valence-electron chi connectivity index (χ4n) is 1.43. The highest BCUT2D eigenvalue weighted by atomic mass is 16.4. The summed E-state index contributed by atoms with van der Waals surface area (Å²) in [5.74, 6) is 2.33.